The third kappa shape index (κ3) is 4.13. The minimum atomic E-state index is -0.427. The topological polar surface area (TPSA) is 89.0 Å². The Labute approximate surface area is 151 Å². The van der Waals surface area contributed by atoms with Crippen LogP contribution in [-0.4, -0.2) is 28.3 Å². The van der Waals surface area contributed by atoms with Gasteiger partial charge in [0.15, 0.2) is 5.82 Å². The van der Waals surface area contributed by atoms with Crippen LogP contribution in [-0.2, 0) is 4.74 Å². The summed E-state index contributed by atoms with van der Waals surface area (Å²) >= 11 is 0. The van der Waals surface area contributed by atoms with E-state index in [-0.39, 0.29) is 0 Å². The predicted octanol–water partition coefficient (Wildman–Crippen LogP) is 3.76. The van der Waals surface area contributed by atoms with Crippen LogP contribution in [0.5, 0.6) is 0 Å². The number of aryl methyl sites for hydroxylation is 2. The molecule has 1 aromatic heterocycles. The monoisotopic (exact) mass is 349 g/mol. The molecule has 0 unspecified atom stereocenters. The van der Waals surface area contributed by atoms with Gasteiger partial charge < -0.3 is 15.4 Å². The molecule has 1 heterocycles. The molecule has 0 saturated carbocycles. The van der Waals surface area contributed by atoms with Gasteiger partial charge in [0.1, 0.15) is 0 Å². The van der Waals surface area contributed by atoms with Gasteiger partial charge in [-0.2, -0.15) is 10.1 Å². The summed E-state index contributed by atoms with van der Waals surface area (Å²) in [6.07, 6.45) is 1.49. The summed E-state index contributed by atoms with van der Waals surface area (Å²) in [5.41, 5.74) is 4.16. The van der Waals surface area contributed by atoms with E-state index in [1.54, 1.807) is 18.2 Å². The number of nitrogens with zero attached hydrogens (tertiary/aromatic N) is 3. The molecule has 26 heavy (non-hydrogen) atoms. The van der Waals surface area contributed by atoms with E-state index in [1.165, 1.54) is 13.3 Å². The van der Waals surface area contributed by atoms with Crippen LogP contribution in [0.15, 0.2) is 48.7 Å². The number of carbonyl (C=O) groups excluding carboxylic acids is 1. The summed E-state index contributed by atoms with van der Waals surface area (Å²) in [6, 6.07) is 13.1. The maximum Gasteiger partial charge on any atom is 0.339 e. The molecule has 3 aromatic rings. The summed E-state index contributed by atoms with van der Waals surface area (Å²) in [5, 5.41) is 14.2. The molecule has 7 nitrogen and oxygen atoms in total. The number of methoxy groups -OCH3 is 1. The predicted molar refractivity (Wildman–Crippen MR) is 100 cm³/mol. The fourth-order valence-electron chi connectivity index (χ4n) is 2.61. The number of benzene rings is 2. The Morgan fingerprint density at radius 3 is 2.50 bits per heavy atom. The van der Waals surface area contributed by atoms with Crippen molar-refractivity contribution in [3.8, 4) is 0 Å². The van der Waals surface area contributed by atoms with Crippen molar-refractivity contribution < 1.29 is 9.53 Å². The Morgan fingerprint density at radius 2 is 1.77 bits per heavy atom. The Bertz CT molecular complexity index is 922. The SMILES string of the molecule is COC(=O)c1ccccc1Nc1cnnc(Nc2cc(C)cc(C)c2)n1. The average Bonchev–Trinajstić information content (AvgIpc) is 2.61. The van der Waals surface area contributed by atoms with Crippen molar-refractivity contribution in [1.29, 1.82) is 0 Å². The van der Waals surface area contributed by atoms with Crippen molar-refractivity contribution in [2.24, 2.45) is 0 Å². The molecule has 3 rings (SSSR count). The zero-order chi connectivity index (χ0) is 18.5. The maximum atomic E-state index is 11.9. The van der Waals surface area contributed by atoms with E-state index < -0.39 is 5.97 Å². The third-order valence-electron chi connectivity index (χ3n) is 3.63. The van der Waals surface area contributed by atoms with E-state index in [0.717, 1.165) is 16.8 Å². The molecule has 0 fully saturated rings. The Morgan fingerprint density at radius 1 is 1.04 bits per heavy atom. The lowest BCUT2D eigenvalue weighted by molar-refractivity contribution is 0.0602. The fourth-order valence-corrected chi connectivity index (χ4v) is 2.61. The largest absolute Gasteiger partial charge is 0.465 e. The van der Waals surface area contributed by atoms with Crippen molar-refractivity contribution in [2.45, 2.75) is 13.8 Å². The van der Waals surface area contributed by atoms with E-state index in [1.807, 2.05) is 32.0 Å². The van der Waals surface area contributed by atoms with Crippen molar-refractivity contribution in [1.82, 2.24) is 15.2 Å². The number of hydrogen-bond donors (Lipinski definition) is 2. The Kier molecular flexibility index (Phi) is 5.07. The van der Waals surface area contributed by atoms with Gasteiger partial charge in [0.2, 0.25) is 5.95 Å². The first-order valence-electron chi connectivity index (χ1n) is 8.04. The van der Waals surface area contributed by atoms with Gasteiger partial charge in [-0.15, -0.1) is 5.10 Å². The molecule has 0 aliphatic carbocycles. The van der Waals surface area contributed by atoms with Gasteiger partial charge in [0, 0.05) is 5.69 Å². The fraction of sp³-hybridized carbons (Fsp3) is 0.158. The number of esters is 1. The molecule has 0 amide bonds. The van der Waals surface area contributed by atoms with Gasteiger partial charge in [0.05, 0.1) is 24.6 Å². The molecular formula is C19H19N5O2. The molecule has 132 valence electrons. The zero-order valence-electron chi connectivity index (χ0n) is 14.8. The minimum absolute atomic E-state index is 0.357. The highest BCUT2D eigenvalue weighted by molar-refractivity contribution is 5.96. The van der Waals surface area contributed by atoms with Gasteiger partial charge in [-0.05, 0) is 49.2 Å². The normalized spacial score (nSPS) is 10.3. The lowest BCUT2D eigenvalue weighted by Crippen LogP contribution is -2.07. The van der Waals surface area contributed by atoms with Crippen molar-refractivity contribution in [3.05, 3.63) is 65.4 Å². The van der Waals surface area contributed by atoms with Crippen molar-refractivity contribution >= 4 is 29.1 Å². The van der Waals surface area contributed by atoms with Crippen LogP contribution < -0.4 is 10.6 Å². The van der Waals surface area contributed by atoms with Crippen LogP contribution in [0, 0.1) is 13.8 Å². The smallest absolute Gasteiger partial charge is 0.339 e. The van der Waals surface area contributed by atoms with E-state index >= 15 is 0 Å². The molecule has 0 saturated heterocycles. The number of para-hydroxylation sites is 1. The van der Waals surface area contributed by atoms with Gasteiger partial charge in [-0.1, -0.05) is 18.2 Å². The van der Waals surface area contributed by atoms with E-state index in [0.29, 0.717) is 23.0 Å². The maximum absolute atomic E-state index is 11.9. The van der Waals surface area contributed by atoms with Crippen LogP contribution in [0.3, 0.4) is 0 Å². The van der Waals surface area contributed by atoms with Crippen LogP contribution in [0.1, 0.15) is 21.5 Å². The first kappa shape index (κ1) is 17.3. The first-order chi connectivity index (χ1) is 12.5. The summed E-state index contributed by atoms with van der Waals surface area (Å²) in [6.45, 7) is 4.05. The first-order valence-corrected chi connectivity index (χ1v) is 8.04. The Hall–Kier alpha value is -3.48. The van der Waals surface area contributed by atoms with E-state index in [2.05, 4.69) is 31.9 Å². The molecule has 7 heteroatoms. The third-order valence-corrected chi connectivity index (χ3v) is 3.63. The van der Waals surface area contributed by atoms with Gasteiger partial charge in [-0.25, -0.2) is 4.79 Å². The lowest BCUT2D eigenvalue weighted by atomic mass is 10.1. The lowest BCUT2D eigenvalue weighted by Gasteiger charge is -2.11. The molecule has 0 radical (unpaired) electrons. The van der Waals surface area contributed by atoms with Crippen LogP contribution in [0.2, 0.25) is 0 Å². The average molecular weight is 349 g/mol. The number of aromatic nitrogens is 3. The quantitative estimate of drug-likeness (QED) is 0.678. The summed E-state index contributed by atoms with van der Waals surface area (Å²) < 4.78 is 4.80. The summed E-state index contributed by atoms with van der Waals surface area (Å²) in [4.78, 5) is 16.3. The van der Waals surface area contributed by atoms with E-state index in [4.69, 9.17) is 4.74 Å². The highest BCUT2D eigenvalue weighted by Crippen LogP contribution is 2.21. The second kappa shape index (κ2) is 7.60. The molecule has 0 aliphatic heterocycles. The summed E-state index contributed by atoms with van der Waals surface area (Å²) in [7, 11) is 1.34. The molecule has 0 atom stereocenters. The van der Waals surface area contributed by atoms with Crippen molar-refractivity contribution in [2.75, 3.05) is 17.7 Å². The van der Waals surface area contributed by atoms with Gasteiger partial charge in [-0.3, -0.25) is 0 Å². The molecule has 2 aromatic carbocycles. The number of ether oxygens (including phenoxy) is 1. The highest BCUT2D eigenvalue weighted by atomic mass is 16.5. The zero-order valence-corrected chi connectivity index (χ0v) is 14.8. The van der Waals surface area contributed by atoms with Crippen LogP contribution in [0.4, 0.5) is 23.1 Å². The summed E-state index contributed by atoms with van der Waals surface area (Å²) in [5.74, 6) is 0.391. The van der Waals surface area contributed by atoms with E-state index in [9.17, 15) is 4.79 Å². The molecule has 0 bridgehead atoms. The number of anilines is 4. The molecule has 2 N–H and O–H groups in total. The number of nitrogens with one attached hydrogen (secondary N) is 2. The van der Waals surface area contributed by atoms with Crippen molar-refractivity contribution in [3.63, 3.8) is 0 Å². The number of rotatable bonds is 5. The second-order valence-electron chi connectivity index (χ2n) is 5.83. The molecular weight excluding hydrogens is 330 g/mol. The molecule has 0 spiro atoms. The van der Waals surface area contributed by atoms with Crippen LogP contribution >= 0.6 is 0 Å². The standard InChI is InChI=1S/C19H19N5O2/c1-12-8-13(2)10-14(9-12)21-19-23-17(11-20-24-19)22-16-7-5-4-6-15(16)18(25)26-3/h4-11H,1-3H3,(H2,21,22,23,24). The minimum Gasteiger partial charge on any atom is -0.465 e. The number of carbonyl (C=O) groups is 1. The molecule has 0 aliphatic rings. The number of hydrogen-bond acceptors (Lipinski definition) is 7. The highest BCUT2D eigenvalue weighted by Gasteiger charge is 2.12. The second-order valence-corrected chi connectivity index (χ2v) is 5.83. The van der Waals surface area contributed by atoms with Gasteiger partial charge >= 0.3 is 5.97 Å². The Balaban J connectivity index is 1.83. The van der Waals surface area contributed by atoms with Crippen LogP contribution in [0.25, 0.3) is 0 Å². The van der Waals surface area contributed by atoms with Gasteiger partial charge in [0.25, 0.3) is 0 Å².